The number of Topliss-reactive ketones (excluding diaryl/α,β-unsaturated/α-hetero) is 1. The number of rotatable bonds is 3. The molecule has 2 heterocycles. The van der Waals surface area contributed by atoms with Crippen molar-refractivity contribution in [2.24, 2.45) is 18.1 Å². The van der Waals surface area contributed by atoms with E-state index in [4.69, 9.17) is 27.9 Å². The number of aromatic nitrogens is 2. The van der Waals surface area contributed by atoms with Gasteiger partial charge in [-0.1, -0.05) is 0 Å². The van der Waals surface area contributed by atoms with Crippen LogP contribution in [-0.4, -0.2) is 44.5 Å². The summed E-state index contributed by atoms with van der Waals surface area (Å²) in [5.74, 6) is -1.02. The number of ether oxygens (including phenoxy) is 1. The Bertz CT molecular complexity index is 808. The summed E-state index contributed by atoms with van der Waals surface area (Å²) in [5.41, 5.74) is 3.65. The minimum Gasteiger partial charge on any atom is -0.495 e. The van der Waals surface area contributed by atoms with Crippen molar-refractivity contribution < 1.29 is 14.3 Å². The largest absolute Gasteiger partial charge is 0.495 e. The Morgan fingerprint density at radius 3 is 2.88 bits per heavy atom. The van der Waals surface area contributed by atoms with Gasteiger partial charge in [-0.2, -0.15) is 10.2 Å². The minimum absolute atomic E-state index is 0.134. The van der Waals surface area contributed by atoms with Gasteiger partial charge in [0.2, 0.25) is 0 Å². The van der Waals surface area contributed by atoms with E-state index in [0.717, 1.165) is 5.69 Å². The van der Waals surface area contributed by atoms with Gasteiger partial charge in [0.05, 0.1) is 39.5 Å². The van der Waals surface area contributed by atoms with Crippen LogP contribution in [-0.2, 0) is 16.6 Å². The van der Waals surface area contributed by atoms with E-state index in [2.05, 4.69) is 31.6 Å². The Labute approximate surface area is 168 Å². The van der Waals surface area contributed by atoms with Gasteiger partial charge >= 0.3 is 0 Å². The summed E-state index contributed by atoms with van der Waals surface area (Å²) in [6.45, 7) is 1.83. The Balaban J connectivity index is 1.68. The van der Waals surface area contributed by atoms with Crippen molar-refractivity contribution in [2.45, 2.75) is 36.6 Å². The van der Waals surface area contributed by atoms with Crippen LogP contribution in [0.2, 0.25) is 0 Å². The number of alkyl halides is 2. The van der Waals surface area contributed by atoms with Crippen LogP contribution in [0.25, 0.3) is 0 Å². The number of fused-ring (bicyclic) bond motifs is 1. The summed E-state index contributed by atoms with van der Waals surface area (Å²) in [6.07, 6.45) is 3.33. The molecule has 26 heavy (non-hydrogen) atoms. The van der Waals surface area contributed by atoms with E-state index in [0.29, 0.717) is 17.3 Å². The number of amides is 1. The molecule has 1 aliphatic carbocycles. The summed E-state index contributed by atoms with van der Waals surface area (Å²) < 4.78 is 7.78. The van der Waals surface area contributed by atoms with Gasteiger partial charge in [-0.3, -0.25) is 14.3 Å². The molecule has 1 aromatic heterocycles. The van der Waals surface area contributed by atoms with E-state index in [9.17, 15) is 9.59 Å². The number of aryl methyl sites for hydroxylation is 1. The first-order valence-corrected chi connectivity index (χ1v) is 9.66. The lowest BCUT2D eigenvalue weighted by atomic mass is 9.80. The monoisotopic (exact) mass is 462 g/mol. The highest BCUT2D eigenvalue weighted by Gasteiger charge is 2.44. The Morgan fingerprint density at radius 1 is 1.50 bits per heavy atom. The van der Waals surface area contributed by atoms with Crippen molar-refractivity contribution in [1.82, 2.24) is 15.2 Å². The Hall–Kier alpha value is -1.38. The maximum absolute atomic E-state index is 12.6. The fraction of sp³-hybridized carbons (Fsp3) is 0.500. The lowest BCUT2D eigenvalue weighted by molar-refractivity contribution is -0.126. The predicted octanol–water partition coefficient (Wildman–Crippen LogP) is 2.68. The van der Waals surface area contributed by atoms with Crippen LogP contribution in [0.5, 0.6) is 0 Å². The maximum atomic E-state index is 12.6. The number of ketones is 1. The summed E-state index contributed by atoms with van der Waals surface area (Å²) in [5, 5.41) is 7.49. The second-order valence-electron chi connectivity index (χ2n) is 6.30. The molecule has 1 fully saturated rings. The molecule has 0 spiro atoms. The van der Waals surface area contributed by atoms with Crippen molar-refractivity contribution >= 4 is 57.0 Å². The van der Waals surface area contributed by atoms with Crippen molar-refractivity contribution in [3.63, 3.8) is 0 Å². The molecule has 4 unspecified atom stereocenters. The van der Waals surface area contributed by atoms with Crippen LogP contribution in [0.4, 0.5) is 0 Å². The van der Waals surface area contributed by atoms with E-state index in [1.54, 1.807) is 11.7 Å². The number of hydrazone groups is 1. The quantitative estimate of drug-likeness (QED) is 0.424. The summed E-state index contributed by atoms with van der Waals surface area (Å²) in [7, 11) is 1.73. The van der Waals surface area contributed by atoms with Gasteiger partial charge in [0.25, 0.3) is 5.91 Å². The second kappa shape index (κ2) is 7.70. The summed E-state index contributed by atoms with van der Waals surface area (Å²) in [6, 6.07) is 0. The molecule has 2 aliphatic rings. The van der Waals surface area contributed by atoms with Crippen LogP contribution >= 0.6 is 39.1 Å². The smallest absolute Gasteiger partial charge is 0.293 e. The number of nitrogens with one attached hydrogen (secondary N) is 1. The fourth-order valence-corrected chi connectivity index (χ4v) is 4.47. The Kier molecular flexibility index (Phi) is 5.74. The summed E-state index contributed by atoms with van der Waals surface area (Å²) >= 11 is 15.7. The summed E-state index contributed by atoms with van der Waals surface area (Å²) in [4.78, 5) is 24.8. The molecule has 1 saturated carbocycles. The van der Waals surface area contributed by atoms with Gasteiger partial charge in [0.15, 0.2) is 11.5 Å². The molecule has 1 aromatic rings. The number of carbonyl (C=O) groups is 2. The minimum atomic E-state index is -0.487. The zero-order chi connectivity index (χ0) is 19.0. The first-order valence-electron chi connectivity index (χ1n) is 8.00. The standard InChI is InChI=1S/C16H17BrCl2N4O3/c1-7-12(17)13(22-23(7)2)16(25)21-20-5-8-6-26-15-10(14(8)24)3-9(18)4-11(15)19/h5-6,9-11,15H,3-4H2,1-2H3,(H,21,25)/b20-5+. The first kappa shape index (κ1) is 19.4. The number of carbonyl (C=O) groups excluding carboxylic acids is 2. The molecule has 7 nitrogen and oxygen atoms in total. The zero-order valence-corrected chi connectivity index (χ0v) is 17.2. The third-order valence-electron chi connectivity index (χ3n) is 4.56. The van der Waals surface area contributed by atoms with Crippen molar-refractivity contribution in [3.05, 3.63) is 27.7 Å². The third-order valence-corrected chi connectivity index (χ3v) is 6.30. The highest BCUT2D eigenvalue weighted by molar-refractivity contribution is 9.10. The van der Waals surface area contributed by atoms with Crippen molar-refractivity contribution in [2.75, 3.05) is 0 Å². The number of allylic oxidation sites excluding steroid dienone is 1. The molecule has 3 rings (SSSR count). The average molecular weight is 464 g/mol. The van der Waals surface area contributed by atoms with Crippen LogP contribution < -0.4 is 5.43 Å². The Morgan fingerprint density at radius 2 is 2.23 bits per heavy atom. The van der Waals surface area contributed by atoms with Crippen LogP contribution in [0.1, 0.15) is 29.0 Å². The molecule has 1 amide bonds. The zero-order valence-electron chi connectivity index (χ0n) is 14.1. The topological polar surface area (TPSA) is 85.6 Å². The van der Waals surface area contributed by atoms with Gasteiger partial charge in [-0.05, 0) is 35.7 Å². The lowest BCUT2D eigenvalue weighted by Crippen LogP contribution is -2.46. The number of hydrogen-bond acceptors (Lipinski definition) is 5. The number of nitrogens with zero attached hydrogens (tertiary/aromatic N) is 3. The highest BCUT2D eigenvalue weighted by atomic mass is 79.9. The van der Waals surface area contributed by atoms with Gasteiger partial charge in [0, 0.05) is 12.4 Å². The van der Waals surface area contributed by atoms with E-state index in [1.165, 1.54) is 12.5 Å². The number of hydrogen-bond donors (Lipinski definition) is 1. The van der Waals surface area contributed by atoms with Crippen LogP contribution in [0.15, 0.2) is 21.4 Å². The molecule has 0 saturated heterocycles. The molecular formula is C16H17BrCl2N4O3. The van der Waals surface area contributed by atoms with Gasteiger partial charge in [0.1, 0.15) is 6.10 Å². The first-order chi connectivity index (χ1) is 12.3. The average Bonchev–Trinajstić information content (AvgIpc) is 2.85. The van der Waals surface area contributed by atoms with Crippen LogP contribution in [0, 0.1) is 12.8 Å². The lowest BCUT2D eigenvalue weighted by Gasteiger charge is -2.38. The van der Waals surface area contributed by atoms with E-state index in [-0.39, 0.29) is 33.9 Å². The predicted molar refractivity (Wildman–Crippen MR) is 102 cm³/mol. The molecule has 0 radical (unpaired) electrons. The molecule has 0 bridgehead atoms. The van der Waals surface area contributed by atoms with E-state index < -0.39 is 11.8 Å². The molecule has 10 heteroatoms. The van der Waals surface area contributed by atoms with Gasteiger partial charge in [-0.25, -0.2) is 5.43 Å². The van der Waals surface area contributed by atoms with Crippen molar-refractivity contribution in [1.29, 1.82) is 0 Å². The molecular weight excluding hydrogens is 447 g/mol. The molecule has 4 atom stereocenters. The fourth-order valence-electron chi connectivity index (χ4n) is 3.03. The molecule has 1 aliphatic heterocycles. The van der Waals surface area contributed by atoms with E-state index >= 15 is 0 Å². The van der Waals surface area contributed by atoms with Crippen LogP contribution in [0.3, 0.4) is 0 Å². The third kappa shape index (κ3) is 3.68. The molecule has 1 N–H and O–H groups in total. The maximum Gasteiger partial charge on any atom is 0.293 e. The molecule has 0 aromatic carbocycles. The SMILES string of the molecule is Cc1c(Br)c(C(=O)N/N=C/C2=COC3C(Cl)CC(Cl)CC3C2=O)nn1C. The van der Waals surface area contributed by atoms with Crippen molar-refractivity contribution in [3.8, 4) is 0 Å². The normalized spacial score (nSPS) is 28.5. The second-order valence-corrected chi connectivity index (χ2v) is 8.27. The van der Waals surface area contributed by atoms with E-state index in [1.807, 2.05) is 6.92 Å². The number of halogens is 3. The van der Waals surface area contributed by atoms with Gasteiger partial charge < -0.3 is 4.74 Å². The van der Waals surface area contributed by atoms with Gasteiger partial charge in [-0.15, -0.1) is 23.2 Å². The highest BCUT2D eigenvalue weighted by Crippen LogP contribution is 2.37. The molecule has 140 valence electrons.